The van der Waals surface area contributed by atoms with Crippen molar-refractivity contribution in [3.8, 4) is 0 Å². The minimum absolute atomic E-state index is 0.151. The van der Waals surface area contributed by atoms with Crippen LogP contribution < -0.4 is 0 Å². The van der Waals surface area contributed by atoms with Gasteiger partial charge < -0.3 is 24.2 Å². The lowest BCUT2D eigenvalue weighted by molar-refractivity contribution is -0.276. The third kappa shape index (κ3) is 3.34. The number of hydrogen-bond donors (Lipinski definition) is 1. The highest BCUT2D eigenvalue weighted by Gasteiger charge is 2.44. The largest absolute Gasteiger partial charge is 0.449 e. The Morgan fingerprint density at radius 1 is 1.44 bits per heavy atom. The molecule has 0 aromatic rings. The van der Waals surface area contributed by atoms with Gasteiger partial charge >= 0.3 is 6.09 Å². The molecule has 0 aromatic heterocycles. The lowest BCUT2D eigenvalue weighted by Crippen LogP contribution is -2.58. The van der Waals surface area contributed by atoms with Gasteiger partial charge in [-0.15, -0.1) is 0 Å². The SMILES string of the molecule is COC1(OC)CCN(C(=O)OCC(C)C)CC1O. The van der Waals surface area contributed by atoms with Crippen molar-refractivity contribution in [1.82, 2.24) is 4.90 Å². The summed E-state index contributed by atoms with van der Waals surface area (Å²) < 4.78 is 15.6. The van der Waals surface area contributed by atoms with E-state index in [0.29, 0.717) is 25.5 Å². The second kappa shape index (κ2) is 6.36. The minimum atomic E-state index is -1.02. The zero-order valence-corrected chi connectivity index (χ0v) is 11.5. The van der Waals surface area contributed by atoms with Gasteiger partial charge in [-0.2, -0.15) is 0 Å². The summed E-state index contributed by atoms with van der Waals surface area (Å²) in [5.74, 6) is -0.727. The first kappa shape index (κ1) is 15.2. The van der Waals surface area contributed by atoms with Crippen LogP contribution in [-0.4, -0.2) is 61.9 Å². The Labute approximate surface area is 108 Å². The van der Waals surface area contributed by atoms with Crippen LogP contribution in [0.25, 0.3) is 0 Å². The number of hydrogen-bond acceptors (Lipinski definition) is 5. The summed E-state index contributed by atoms with van der Waals surface area (Å²) in [7, 11) is 2.97. The molecule has 6 nitrogen and oxygen atoms in total. The fourth-order valence-electron chi connectivity index (χ4n) is 1.95. The van der Waals surface area contributed by atoms with Gasteiger partial charge in [0.2, 0.25) is 0 Å². The topological polar surface area (TPSA) is 68.2 Å². The molecule has 1 unspecified atom stereocenters. The molecular formula is C12H23NO5. The summed E-state index contributed by atoms with van der Waals surface area (Å²) in [6.07, 6.45) is -0.866. The van der Waals surface area contributed by atoms with Gasteiger partial charge in [-0.25, -0.2) is 4.79 Å². The van der Waals surface area contributed by atoms with Gasteiger partial charge in [-0.3, -0.25) is 0 Å². The van der Waals surface area contributed by atoms with Crippen LogP contribution >= 0.6 is 0 Å². The molecular weight excluding hydrogens is 238 g/mol. The Bertz CT molecular complexity index is 278. The van der Waals surface area contributed by atoms with E-state index in [0.717, 1.165) is 0 Å². The molecule has 0 aliphatic carbocycles. The number of β-amino-alcohol motifs (C(OH)–C–C–N with tert-alkyl or cyclic N) is 1. The van der Waals surface area contributed by atoms with Gasteiger partial charge in [0, 0.05) is 27.2 Å². The lowest BCUT2D eigenvalue weighted by Gasteiger charge is -2.42. The molecule has 18 heavy (non-hydrogen) atoms. The van der Waals surface area contributed by atoms with E-state index < -0.39 is 18.0 Å². The molecule has 1 aliphatic rings. The first-order valence-electron chi connectivity index (χ1n) is 6.15. The third-order valence-corrected chi connectivity index (χ3v) is 3.12. The molecule has 1 aliphatic heterocycles. The van der Waals surface area contributed by atoms with Crippen LogP contribution in [0, 0.1) is 5.92 Å². The highest BCUT2D eigenvalue weighted by atomic mass is 16.7. The number of amides is 1. The predicted octanol–water partition coefficient (Wildman–Crippen LogP) is 0.835. The first-order chi connectivity index (χ1) is 8.45. The number of piperidine rings is 1. The van der Waals surface area contributed by atoms with Crippen LogP contribution in [0.2, 0.25) is 0 Å². The average Bonchev–Trinajstić information content (AvgIpc) is 2.36. The summed E-state index contributed by atoms with van der Waals surface area (Å²) in [4.78, 5) is 13.2. The van der Waals surface area contributed by atoms with Crippen molar-refractivity contribution >= 4 is 6.09 Å². The third-order valence-electron chi connectivity index (χ3n) is 3.12. The van der Waals surface area contributed by atoms with E-state index in [1.807, 2.05) is 13.8 Å². The number of likely N-dealkylation sites (tertiary alicyclic amines) is 1. The summed E-state index contributed by atoms with van der Waals surface area (Å²) >= 11 is 0. The van der Waals surface area contributed by atoms with Crippen molar-refractivity contribution in [2.75, 3.05) is 33.9 Å². The zero-order chi connectivity index (χ0) is 13.8. The number of nitrogens with zero attached hydrogens (tertiary/aromatic N) is 1. The summed E-state index contributed by atoms with van der Waals surface area (Å²) in [6, 6.07) is 0. The van der Waals surface area contributed by atoms with Crippen molar-refractivity contribution in [3.63, 3.8) is 0 Å². The fraction of sp³-hybridized carbons (Fsp3) is 0.917. The van der Waals surface area contributed by atoms with Gasteiger partial charge in [-0.1, -0.05) is 13.8 Å². The van der Waals surface area contributed by atoms with Crippen LogP contribution in [0.4, 0.5) is 4.79 Å². The predicted molar refractivity (Wildman–Crippen MR) is 65.1 cm³/mol. The Kier molecular flexibility index (Phi) is 5.37. The van der Waals surface area contributed by atoms with Crippen molar-refractivity contribution in [2.24, 2.45) is 5.92 Å². The summed E-state index contributed by atoms with van der Waals surface area (Å²) in [5.41, 5.74) is 0. The molecule has 1 N–H and O–H groups in total. The number of ether oxygens (including phenoxy) is 3. The van der Waals surface area contributed by atoms with E-state index in [1.54, 1.807) is 0 Å². The Hall–Kier alpha value is -0.850. The Morgan fingerprint density at radius 3 is 2.50 bits per heavy atom. The van der Waals surface area contributed by atoms with Gasteiger partial charge in [-0.05, 0) is 5.92 Å². The second-order valence-electron chi connectivity index (χ2n) is 4.90. The maximum Gasteiger partial charge on any atom is 0.409 e. The molecule has 0 bridgehead atoms. The first-order valence-corrected chi connectivity index (χ1v) is 6.15. The van der Waals surface area contributed by atoms with Crippen LogP contribution in [-0.2, 0) is 14.2 Å². The molecule has 0 radical (unpaired) electrons. The number of aliphatic hydroxyl groups excluding tert-OH is 1. The summed E-state index contributed by atoms with van der Waals surface area (Å²) in [6.45, 7) is 4.91. The molecule has 1 heterocycles. The number of aliphatic hydroxyl groups is 1. The number of methoxy groups -OCH3 is 2. The van der Waals surface area contributed by atoms with Crippen LogP contribution in [0.5, 0.6) is 0 Å². The van der Waals surface area contributed by atoms with E-state index in [4.69, 9.17) is 14.2 Å². The van der Waals surface area contributed by atoms with E-state index in [1.165, 1.54) is 19.1 Å². The molecule has 1 atom stereocenters. The van der Waals surface area contributed by atoms with E-state index in [-0.39, 0.29) is 6.54 Å². The summed E-state index contributed by atoms with van der Waals surface area (Å²) in [5, 5.41) is 10.0. The van der Waals surface area contributed by atoms with Crippen LogP contribution in [0.1, 0.15) is 20.3 Å². The van der Waals surface area contributed by atoms with E-state index >= 15 is 0 Å². The Balaban J connectivity index is 2.52. The molecule has 0 saturated carbocycles. The average molecular weight is 261 g/mol. The molecule has 1 fully saturated rings. The van der Waals surface area contributed by atoms with Gasteiger partial charge in [0.1, 0.15) is 6.10 Å². The Morgan fingerprint density at radius 2 is 2.06 bits per heavy atom. The van der Waals surface area contributed by atoms with Gasteiger partial charge in [0.25, 0.3) is 0 Å². The molecule has 1 amide bonds. The van der Waals surface area contributed by atoms with Crippen molar-refractivity contribution in [2.45, 2.75) is 32.2 Å². The number of carbonyl (C=O) groups excluding carboxylic acids is 1. The number of carbonyl (C=O) groups is 1. The fourth-order valence-corrected chi connectivity index (χ4v) is 1.95. The van der Waals surface area contributed by atoms with Crippen LogP contribution in [0.15, 0.2) is 0 Å². The maximum atomic E-state index is 11.7. The smallest absolute Gasteiger partial charge is 0.409 e. The second-order valence-corrected chi connectivity index (χ2v) is 4.90. The zero-order valence-electron chi connectivity index (χ0n) is 11.5. The van der Waals surface area contributed by atoms with Gasteiger partial charge in [0.05, 0.1) is 13.2 Å². The molecule has 106 valence electrons. The van der Waals surface area contributed by atoms with Crippen molar-refractivity contribution in [1.29, 1.82) is 0 Å². The standard InChI is InChI=1S/C12H23NO5/c1-9(2)8-18-11(15)13-6-5-12(16-3,17-4)10(14)7-13/h9-10,14H,5-8H2,1-4H3. The molecule has 0 aromatic carbocycles. The maximum absolute atomic E-state index is 11.7. The normalized spacial score (nSPS) is 23.2. The number of rotatable bonds is 4. The van der Waals surface area contributed by atoms with Crippen molar-refractivity contribution in [3.05, 3.63) is 0 Å². The minimum Gasteiger partial charge on any atom is -0.449 e. The highest BCUT2D eigenvalue weighted by molar-refractivity contribution is 5.67. The molecule has 1 saturated heterocycles. The molecule has 1 rings (SSSR count). The van der Waals surface area contributed by atoms with Gasteiger partial charge in [0.15, 0.2) is 5.79 Å². The van der Waals surface area contributed by atoms with E-state index in [9.17, 15) is 9.90 Å². The monoisotopic (exact) mass is 261 g/mol. The molecule has 6 heteroatoms. The quantitative estimate of drug-likeness (QED) is 0.759. The van der Waals surface area contributed by atoms with Crippen LogP contribution in [0.3, 0.4) is 0 Å². The van der Waals surface area contributed by atoms with Crippen molar-refractivity contribution < 1.29 is 24.1 Å². The van der Waals surface area contributed by atoms with E-state index in [2.05, 4.69) is 0 Å². The molecule has 0 spiro atoms. The lowest BCUT2D eigenvalue weighted by atomic mass is 10.0. The highest BCUT2D eigenvalue weighted by Crippen LogP contribution is 2.27.